The molecule has 0 aliphatic heterocycles. The second-order valence-corrected chi connectivity index (χ2v) is 5.43. The van der Waals surface area contributed by atoms with Crippen molar-refractivity contribution in [2.45, 2.75) is 38.7 Å². The zero-order valence-electron chi connectivity index (χ0n) is 11.0. The third kappa shape index (κ3) is 2.61. The summed E-state index contributed by atoms with van der Waals surface area (Å²) in [4.78, 5) is 0. The molecule has 0 amide bonds. The minimum Gasteiger partial charge on any atom is -0.485 e. The number of ether oxygens (including phenoxy) is 1. The van der Waals surface area contributed by atoms with Gasteiger partial charge >= 0.3 is 0 Å². The number of benzene rings is 1. The lowest BCUT2D eigenvalue weighted by atomic mass is 10.2. The van der Waals surface area contributed by atoms with E-state index in [1.165, 1.54) is 18.4 Å². The molecule has 3 nitrogen and oxygen atoms in total. The maximum Gasteiger partial charge on any atom is 0.177 e. The van der Waals surface area contributed by atoms with Crippen LogP contribution in [0.15, 0.2) is 30.5 Å². The number of hydrogen-bond acceptors (Lipinski definition) is 2. The van der Waals surface area contributed by atoms with Crippen LogP contribution in [-0.2, 0) is 0 Å². The summed E-state index contributed by atoms with van der Waals surface area (Å²) in [6.45, 7) is 2.06. The maximum atomic E-state index is 6.35. The zero-order chi connectivity index (χ0) is 13.2. The Morgan fingerprint density at radius 1 is 1.21 bits per heavy atom. The number of nitrogens with zero attached hydrogens (tertiary/aromatic N) is 2. The molecular formula is C15H17ClN2O. The van der Waals surface area contributed by atoms with Crippen LogP contribution < -0.4 is 4.74 Å². The second-order valence-electron chi connectivity index (χ2n) is 5.07. The Morgan fingerprint density at radius 2 is 1.89 bits per heavy atom. The summed E-state index contributed by atoms with van der Waals surface area (Å²) >= 11 is 6.35. The van der Waals surface area contributed by atoms with Crippen molar-refractivity contribution in [3.05, 3.63) is 41.2 Å². The molecule has 2 aromatic rings. The molecule has 100 valence electrons. The van der Waals surface area contributed by atoms with Crippen molar-refractivity contribution in [1.82, 2.24) is 9.78 Å². The predicted molar refractivity (Wildman–Crippen MR) is 76.2 cm³/mol. The van der Waals surface area contributed by atoms with Crippen LogP contribution in [-0.4, -0.2) is 15.9 Å². The zero-order valence-corrected chi connectivity index (χ0v) is 11.7. The van der Waals surface area contributed by atoms with Gasteiger partial charge in [0.1, 0.15) is 0 Å². The minimum atomic E-state index is 0.299. The molecule has 0 spiro atoms. The van der Waals surface area contributed by atoms with Crippen molar-refractivity contribution >= 4 is 11.6 Å². The number of aryl methyl sites for hydroxylation is 1. The topological polar surface area (TPSA) is 27.1 Å². The second kappa shape index (κ2) is 5.25. The van der Waals surface area contributed by atoms with Crippen molar-refractivity contribution in [1.29, 1.82) is 0 Å². The van der Waals surface area contributed by atoms with Gasteiger partial charge in [0, 0.05) is 0 Å². The summed E-state index contributed by atoms with van der Waals surface area (Å²) in [7, 11) is 0. The largest absolute Gasteiger partial charge is 0.485 e. The molecule has 0 N–H and O–H groups in total. The van der Waals surface area contributed by atoms with Crippen LogP contribution in [0.4, 0.5) is 0 Å². The van der Waals surface area contributed by atoms with E-state index in [1.807, 2.05) is 24.3 Å². The highest BCUT2D eigenvalue weighted by Crippen LogP contribution is 2.31. The van der Waals surface area contributed by atoms with Crippen molar-refractivity contribution in [2.24, 2.45) is 0 Å². The monoisotopic (exact) mass is 276 g/mol. The van der Waals surface area contributed by atoms with Gasteiger partial charge in [-0.3, -0.25) is 0 Å². The van der Waals surface area contributed by atoms with Gasteiger partial charge in [-0.1, -0.05) is 29.3 Å². The Balaban J connectivity index is 1.83. The summed E-state index contributed by atoms with van der Waals surface area (Å²) in [6.07, 6.45) is 6.73. The molecule has 19 heavy (non-hydrogen) atoms. The van der Waals surface area contributed by atoms with E-state index in [0.29, 0.717) is 17.0 Å². The van der Waals surface area contributed by atoms with Crippen LogP contribution in [0.2, 0.25) is 5.15 Å². The highest BCUT2D eigenvalue weighted by Gasteiger charge is 2.20. The van der Waals surface area contributed by atoms with E-state index in [-0.39, 0.29) is 0 Å². The van der Waals surface area contributed by atoms with Crippen LogP contribution in [0.3, 0.4) is 0 Å². The van der Waals surface area contributed by atoms with Crippen molar-refractivity contribution in [3.63, 3.8) is 0 Å². The predicted octanol–water partition coefficient (Wildman–Crippen LogP) is 4.16. The third-order valence-electron chi connectivity index (χ3n) is 3.55. The molecule has 4 heteroatoms. The van der Waals surface area contributed by atoms with Gasteiger partial charge in [-0.15, -0.1) is 0 Å². The Bertz CT molecular complexity index is 556. The molecule has 0 atom stereocenters. The number of rotatable bonds is 3. The quantitative estimate of drug-likeness (QED) is 0.842. The molecule has 0 saturated heterocycles. The van der Waals surface area contributed by atoms with Crippen LogP contribution in [0.25, 0.3) is 5.69 Å². The highest BCUT2D eigenvalue weighted by molar-refractivity contribution is 6.31. The summed E-state index contributed by atoms with van der Waals surface area (Å²) in [5.41, 5.74) is 2.17. The Hall–Kier alpha value is -1.48. The molecule has 1 aliphatic rings. The molecule has 0 radical (unpaired) electrons. The number of hydrogen-bond donors (Lipinski definition) is 0. The van der Waals surface area contributed by atoms with E-state index >= 15 is 0 Å². The fourth-order valence-corrected chi connectivity index (χ4v) is 2.68. The van der Waals surface area contributed by atoms with Gasteiger partial charge in [0.2, 0.25) is 0 Å². The summed E-state index contributed by atoms with van der Waals surface area (Å²) in [6, 6.07) is 8.11. The van der Waals surface area contributed by atoms with E-state index in [4.69, 9.17) is 16.3 Å². The van der Waals surface area contributed by atoms with E-state index in [1.54, 1.807) is 10.9 Å². The van der Waals surface area contributed by atoms with E-state index in [2.05, 4.69) is 12.0 Å². The molecule has 1 aromatic heterocycles. The van der Waals surface area contributed by atoms with Gasteiger partial charge < -0.3 is 4.74 Å². The summed E-state index contributed by atoms with van der Waals surface area (Å²) in [5, 5.41) is 4.87. The lowest BCUT2D eigenvalue weighted by molar-refractivity contribution is 0.210. The Morgan fingerprint density at radius 3 is 2.58 bits per heavy atom. The first-order chi connectivity index (χ1) is 9.24. The van der Waals surface area contributed by atoms with Crippen LogP contribution in [0.1, 0.15) is 31.2 Å². The van der Waals surface area contributed by atoms with Crippen LogP contribution in [0, 0.1) is 6.92 Å². The van der Waals surface area contributed by atoms with E-state index in [0.717, 1.165) is 18.5 Å². The van der Waals surface area contributed by atoms with Crippen molar-refractivity contribution < 1.29 is 4.74 Å². The van der Waals surface area contributed by atoms with Gasteiger partial charge in [-0.05, 0) is 44.7 Å². The lowest BCUT2D eigenvalue weighted by Gasteiger charge is -2.11. The third-order valence-corrected chi connectivity index (χ3v) is 3.90. The molecule has 0 bridgehead atoms. The molecule has 3 rings (SSSR count). The van der Waals surface area contributed by atoms with Crippen LogP contribution >= 0.6 is 11.6 Å². The van der Waals surface area contributed by atoms with Crippen LogP contribution in [0.5, 0.6) is 5.75 Å². The minimum absolute atomic E-state index is 0.299. The first kappa shape index (κ1) is 12.5. The normalized spacial score (nSPS) is 15.9. The molecular weight excluding hydrogens is 260 g/mol. The first-order valence-corrected chi connectivity index (χ1v) is 7.09. The lowest BCUT2D eigenvalue weighted by Crippen LogP contribution is -2.10. The Kier molecular flexibility index (Phi) is 3.47. The Labute approximate surface area is 118 Å². The average Bonchev–Trinajstić information content (AvgIpc) is 3.03. The smallest absolute Gasteiger partial charge is 0.177 e. The van der Waals surface area contributed by atoms with Gasteiger partial charge in [-0.2, -0.15) is 5.10 Å². The summed E-state index contributed by atoms with van der Waals surface area (Å²) in [5.74, 6) is 0.689. The molecule has 0 unspecified atom stereocenters. The van der Waals surface area contributed by atoms with Crippen molar-refractivity contribution in [2.75, 3.05) is 0 Å². The molecule has 1 heterocycles. The molecule has 1 aromatic carbocycles. The average molecular weight is 277 g/mol. The van der Waals surface area contributed by atoms with E-state index < -0.39 is 0 Å². The van der Waals surface area contributed by atoms with Crippen molar-refractivity contribution in [3.8, 4) is 11.4 Å². The molecule has 1 fully saturated rings. The fourth-order valence-electron chi connectivity index (χ4n) is 2.45. The van der Waals surface area contributed by atoms with Gasteiger partial charge in [-0.25, -0.2) is 4.68 Å². The molecule has 1 saturated carbocycles. The number of aromatic nitrogens is 2. The van der Waals surface area contributed by atoms with Gasteiger partial charge in [0.25, 0.3) is 0 Å². The number of halogens is 1. The standard InChI is InChI=1S/C15H17ClN2O/c1-11-6-8-12(9-7-11)18-15(16)14(10-17-18)19-13-4-2-3-5-13/h6-10,13H,2-5H2,1H3. The SMILES string of the molecule is Cc1ccc(-n2ncc(OC3CCCC3)c2Cl)cc1. The maximum absolute atomic E-state index is 6.35. The summed E-state index contributed by atoms with van der Waals surface area (Å²) < 4.78 is 7.63. The van der Waals surface area contributed by atoms with Gasteiger partial charge in [0.15, 0.2) is 10.9 Å². The van der Waals surface area contributed by atoms with Gasteiger partial charge in [0.05, 0.1) is 18.0 Å². The first-order valence-electron chi connectivity index (χ1n) is 6.71. The van der Waals surface area contributed by atoms with E-state index in [9.17, 15) is 0 Å². The highest BCUT2D eigenvalue weighted by atomic mass is 35.5. The molecule has 1 aliphatic carbocycles. The fraction of sp³-hybridized carbons (Fsp3) is 0.400.